The summed E-state index contributed by atoms with van der Waals surface area (Å²) in [4.78, 5) is 0. The Morgan fingerprint density at radius 2 is 2.18 bits per heavy atom. The van der Waals surface area contributed by atoms with E-state index in [0.29, 0.717) is 0 Å². The Labute approximate surface area is 101 Å². The fourth-order valence-electron chi connectivity index (χ4n) is 2.05. The third kappa shape index (κ3) is 2.74. The molecule has 17 heavy (non-hydrogen) atoms. The van der Waals surface area contributed by atoms with Crippen molar-refractivity contribution in [1.82, 2.24) is 19.6 Å². The number of aryl methyl sites for hydroxylation is 4. The molecule has 0 saturated carbocycles. The molecule has 0 fully saturated rings. The number of nitrogens with zero attached hydrogens (tertiary/aromatic N) is 4. The minimum absolute atomic E-state index is 0.0291. The monoisotopic (exact) mass is 233 g/mol. The van der Waals surface area contributed by atoms with Crippen molar-refractivity contribution in [2.45, 2.75) is 25.8 Å². The Bertz CT molecular complexity index is 497. The molecule has 92 valence electrons. The molecule has 0 bridgehead atoms. The maximum atomic E-state index is 6.18. The first-order valence-electron chi connectivity index (χ1n) is 5.80. The maximum absolute atomic E-state index is 6.18. The van der Waals surface area contributed by atoms with Crippen molar-refractivity contribution >= 4 is 0 Å². The molecule has 1 unspecified atom stereocenters. The van der Waals surface area contributed by atoms with Gasteiger partial charge in [-0.25, -0.2) is 0 Å². The van der Waals surface area contributed by atoms with Crippen LogP contribution in [0.1, 0.15) is 29.4 Å². The van der Waals surface area contributed by atoms with E-state index >= 15 is 0 Å². The van der Waals surface area contributed by atoms with Crippen molar-refractivity contribution < 1.29 is 0 Å². The zero-order valence-electron chi connectivity index (χ0n) is 10.6. The lowest BCUT2D eigenvalue weighted by Gasteiger charge is -2.10. The van der Waals surface area contributed by atoms with Crippen LogP contribution < -0.4 is 5.73 Å². The molecule has 0 aliphatic carbocycles. The number of hydrogen-bond donors (Lipinski definition) is 1. The van der Waals surface area contributed by atoms with Crippen LogP contribution in [0, 0.1) is 6.92 Å². The van der Waals surface area contributed by atoms with Crippen LogP contribution in [0.5, 0.6) is 0 Å². The highest BCUT2D eigenvalue weighted by Gasteiger charge is 2.11. The average molecular weight is 233 g/mol. The van der Waals surface area contributed by atoms with E-state index < -0.39 is 0 Å². The Kier molecular flexibility index (Phi) is 3.28. The molecule has 0 aliphatic heterocycles. The SMILES string of the molecule is Cc1cc(C(N)CCc2cnn(C)c2)n(C)n1. The van der Waals surface area contributed by atoms with Crippen molar-refractivity contribution in [2.24, 2.45) is 19.8 Å². The van der Waals surface area contributed by atoms with E-state index in [4.69, 9.17) is 5.73 Å². The van der Waals surface area contributed by atoms with Gasteiger partial charge >= 0.3 is 0 Å². The Morgan fingerprint density at radius 1 is 1.41 bits per heavy atom. The summed E-state index contributed by atoms with van der Waals surface area (Å²) in [5.74, 6) is 0. The fraction of sp³-hybridized carbons (Fsp3) is 0.500. The summed E-state index contributed by atoms with van der Waals surface area (Å²) in [7, 11) is 3.86. The van der Waals surface area contributed by atoms with Gasteiger partial charge in [-0.05, 0) is 31.4 Å². The lowest BCUT2D eigenvalue weighted by atomic mass is 10.1. The van der Waals surface area contributed by atoms with E-state index in [1.165, 1.54) is 5.56 Å². The van der Waals surface area contributed by atoms with Crippen molar-refractivity contribution in [2.75, 3.05) is 0 Å². The standard InChI is InChI=1S/C12H19N5/c1-9-6-12(17(3)15-9)11(13)5-4-10-7-14-16(2)8-10/h6-8,11H,4-5,13H2,1-3H3. The first-order valence-corrected chi connectivity index (χ1v) is 5.80. The molecule has 1 atom stereocenters. The minimum Gasteiger partial charge on any atom is -0.323 e. The van der Waals surface area contributed by atoms with Gasteiger partial charge < -0.3 is 5.73 Å². The Balaban J connectivity index is 1.97. The van der Waals surface area contributed by atoms with Gasteiger partial charge in [-0.15, -0.1) is 0 Å². The van der Waals surface area contributed by atoms with E-state index in [1.807, 2.05) is 48.8 Å². The van der Waals surface area contributed by atoms with Crippen LogP contribution in [0.25, 0.3) is 0 Å². The number of hydrogen-bond acceptors (Lipinski definition) is 3. The highest BCUT2D eigenvalue weighted by molar-refractivity contribution is 5.13. The molecule has 5 nitrogen and oxygen atoms in total. The predicted molar refractivity (Wildman–Crippen MR) is 66.4 cm³/mol. The van der Waals surface area contributed by atoms with Crippen molar-refractivity contribution in [3.05, 3.63) is 35.4 Å². The van der Waals surface area contributed by atoms with Gasteiger partial charge in [-0.1, -0.05) is 0 Å². The molecule has 0 amide bonds. The van der Waals surface area contributed by atoms with E-state index in [0.717, 1.165) is 24.2 Å². The number of rotatable bonds is 4. The molecule has 2 N–H and O–H groups in total. The van der Waals surface area contributed by atoms with Gasteiger partial charge in [-0.2, -0.15) is 10.2 Å². The summed E-state index contributed by atoms with van der Waals surface area (Å²) in [6.07, 6.45) is 5.77. The lowest BCUT2D eigenvalue weighted by molar-refractivity contribution is 0.581. The molecule has 0 radical (unpaired) electrons. The van der Waals surface area contributed by atoms with Crippen LogP contribution in [-0.4, -0.2) is 19.6 Å². The van der Waals surface area contributed by atoms with E-state index in [1.54, 1.807) is 0 Å². The minimum atomic E-state index is 0.0291. The van der Waals surface area contributed by atoms with Crippen molar-refractivity contribution in [3.8, 4) is 0 Å². The third-order valence-corrected chi connectivity index (χ3v) is 2.92. The normalized spacial score (nSPS) is 12.9. The topological polar surface area (TPSA) is 61.7 Å². The van der Waals surface area contributed by atoms with Crippen LogP contribution in [0.15, 0.2) is 18.5 Å². The first kappa shape index (κ1) is 11.9. The van der Waals surface area contributed by atoms with Crippen LogP contribution in [0.3, 0.4) is 0 Å². The summed E-state index contributed by atoms with van der Waals surface area (Å²) in [5, 5.41) is 8.46. The van der Waals surface area contributed by atoms with Gasteiger partial charge in [0.05, 0.1) is 17.6 Å². The smallest absolute Gasteiger partial charge is 0.0597 e. The zero-order chi connectivity index (χ0) is 12.4. The summed E-state index contributed by atoms with van der Waals surface area (Å²) in [6.45, 7) is 1.98. The summed E-state index contributed by atoms with van der Waals surface area (Å²) in [5.41, 5.74) is 9.50. The van der Waals surface area contributed by atoms with Gasteiger partial charge in [0.1, 0.15) is 0 Å². The van der Waals surface area contributed by atoms with Gasteiger partial charge in [0.25, 0.3) is 0 Å². The predicted octanol–water partition coefficient (Wildman–Crippen LogP) is 1.09. The summed E-state index contributed by atoms with van der Waals surface area (Å²) >= 11 is 0. The van der Waals surface area contributed by atoms with Crippen LogP contribution >= 0.6 is 0 Å². The molecule has 0 aromatic carbocycles. The average Bonchev–Trinajstić information content (AvgIpc) is 2.81. The maximum Gasteiger partial charge on any atom is 0.0597 e. The Morgan fingerprint density at radius 3 is 2.71 bits per heavy atom. The lowest BCUT2D eigenvalue weighted by Crippen LogP contribution is -2.15. The second kappa shape index (κ2) is 4.71. The first-order chi connectivity index (χ1) is 8.06. The zero-order valence-corrected chi connectivity index (χ0v) is 10.6. The highest BCUT2D eigenvalue weighted by atomic mass is 15.3. The van der Waals surface area contributed by atoms with Gasteiger partial charge in [0.15, 0.2) is 0 Å². The molecule has 0 spiro atoms. The fourth-order valence-corrected chi connectivity index (χ4v) is 2.05. The molecule has 0 aliphatic rings. The van der Waals surface area contributed by atoms with Gasteiger partial charge in [0.2, 0.25) is 0 Å². The highest BCUT2D eigenvalue weighted by Crippen LogP contribution is 2.16. The number of aromatic nitrogens is 4. The molecule has 5 heteroatoms. The quantitative estimate of drug-likeness (QED) is 0.860. The van der Waals surface area contributed by atoms with Crippen LogP contribution in [0.4, 0.5) is 0 Å². The Hall–Kier alpha value is -1.62. The molecule has 2 rings (SSSR count). The molecule has 2 heterocycles. The second-order valence-electron chi connectivity index (χ2n) is 4.50. The van der Waals surface area contributed by atoms with Gasteiger partial charge in [0, 0.05) is 26.3 Å². The molecular formula is C12H19N5. The summed E-state index contributed by atoms with van der Waals surface area (Å²) < 4.78 is 3.68. The van der Waals surface area contributed by atoms with Crippen LogP contribution in [-0.2, 0) is 20.5 Å². The van der Waals surface area contributed by atoms with Crippen LogP contribution in [0.2, 0.25) is 0 Å². The molecular weight excluding hydrogens is 214 g/mol. The second-order valence-corrected chi connectivity index (χ2v) is 4.50. The van der Waals surface area contributed by atoms with Gasteiger partial charge in [-0.3, -0.25) is 9.36 Å². The summed E-state index contributed by atoms with van der Waals surface area (Å²) in [6, 6.07) is 2.08. The molecule has 2 aromatic heterocycles. The number of nitrogens with two attached hydrogens (primary N) is 1. The third-order valence-electron chi connectivity index (χ3n) is 2.92. The molecule has 0 saturated heterocycles. The largest absolute Gasteiger partial charge is 0.323 e. The van der Waals surface area contributed by atoms with Crippen molar-refractivity contribution in [1.29, 1.82) is 0 Å². The van der Waals surface area contributed by atoms with E-state index in [9.17, 15) is 0 Å². The van der Waals surface area contributed by atoms with E-state index in [-0.39, 0.29) is 6.04 Å². The van der Waals surface area contributed by atoms with E-state index in [2.05, 4.69) is 10.2 Å². The molecule has 2 aromatic rings. The van der Waals surface area contributed by atoms with Crippen molar-refractivity contribution in [3.63, 3.8) is 0 Å².